The standard InChI is InChI=1S/C13H13N5O3/c19-12(10-1-3-11(4-2-10)18(20)21)7-16-5-6-17-9-14-15-13(17)8-16/h1-4,9H,5-8H2. The van der Waals surface area contributed by atoms with Gasteiger partial charge >= 0.3 is 0 Å². The second kappa shape index (κ2) is 5.41. The van der Waals surface area contributed by atoms with Gasteiger partial charge < -0.3 is 4.57 Å². The quantitative estimate of drug-likeness (QED) is 0.471. The summed E-state index contributed by atoms with van der Waals surface area (Å²) in [6.07, 6.45) is 1.69. The Bertz CT molecular complexity index is 679. The van der Waals surface area contributed by atoms with Gasteiger partial charge in [0.25, 0.3) is 5.69 Å². The number of nitro groups is 1. The van der Waals surface area contributed by atoms with Crippen LogP contribution in [0.5, 0.6) is 0 Å². The largest absolute Gasteiger partial charge is 0.315 e. The fourth-order valence-electron chi connectivity index (χ4n) is 2.31. The van der Waals surface area contributed by atoms with Crippen molar-refractivity contribution in [3.63, 3.8) is 0 Å². The minimum absolute atomic E-state index is 0.0161. The van der Waals surface area contributed by atoms with Crippen molar-refractivity contribution in [2.45, 2.75) is 13.1 Å². The molecule has 1 aromatic carbocycles. The fraction of sp³-hybridized carbons (Fsp3) is 0.308. The summed E-state index contributed by atoms with van der Waals surface area (Å²) in [7, 11) is 0. The molecule has 21 heavy (non-hydrogen) atoms. The number of hydrogen-bond donors (Lipinski definition) is 0. The van der Waals surface area contributed by atoms with Gasteiger partial charge in [0.1, 0.15) is 12.2 Å². The second-order valence-corrected chi connectivity index (χ2v) is 4.88. The number of nitrogens with zero attached hydrogens (tertiary/aromatic N) is 5. The minimum atomic E-state index is -0.480. The van der Waals surface area contributed by atoms with Crippen LogP contribution in [0.4, 0.5) is 5.69 Å². The molecule has 0 unspecified atom stereocenters. The fourth-order valence-corrected chi connectivity index (χ4v) is 2.31. The molecule has 0 spiro atoms. The molecule has 0 radical (unpaired) electrons. The summed E-state index contributed by atoms with van der Waals surface area (Å²) in [6.45, 7) is 2.36. The van der Waals surface area contributed by atoms with Gasteiger partial charge in [-0.05, 0) is 12.1 Å². The molecular weight excluding hydrogens is 274 g/mol. The molecule has 0 saturated heterocycles. The van der Waals surface area contributed by atoms with Crippen LogP contribution in [0.15, 0.2) is 30.6 Å². The number of aromatic nitrogens is 3. The van der Waals surface area contributed by atoms with Gasteiger partial charge in [-0.2, -0.15) is 0 Å². The Morgan fingerprint density at radius 2 is 2.05 bits per heavy atom. The highest BCUT2D eigenvalue weighted by Gasteiger charge is 2.20. The number of ketones is 1. The lowest BCUT2D eigenvalue weighted by atomic mass is 10.1. The summed E-state index contributed by atoms with van der Waals surface area (Å²) < 4.78 is 1.97. The van der Waals surface area contributed by atoms with Crippen LogP contribution in [0.25, 0.3) is 0 Å². The van der Waals surface area contributed by atoms with Crippen molar-refractivity contribution >= 4 is 11.5 Å². The van der Waals surface area contributed by atoms with Crippen molar-refractivity contribution in [3.8, 4) is 0 Å². The van der Waals surface area contributed by atoms with E-state index in [1.54, 1.807) is 6.33 Å². The lowest BCUT2D eigenvalue weighted by Crippen LogP contribution is -2.37. The van der Waals surface area contributed by atoms with E-state index in [1.807, 2.05) is 9.47 Å². The van der Waals surface area contributed by atoms with Gasteiger partial charge in [0.2, 0.25) is 0 Å². The summed E-state index contributed by atoms with van der Waals surface area (Å²) in [4.78, 5) is 24.3. The number of Topliss-reactive ketones (excluding diaryl/α,β-unsaturated/α-hetero) is 1. The molecule has 0 fully saturated rings. The average molecular weight is 287 g/mol. The molecule has 2 aromatic rings. The van der Waals surface area contributed by atoms with Crippen LogP contribution in [0.3, 0.4) is 0 Å². The Balaban J connectivity index is 1.65. The van der Waals surface area contributed by atoms with Crippen molar-refractivity contribution in [2.75, 3.05) is 13.1 Å². The average Bonchev–Trinajstić information content (AvgIpc) is 2.95. The van der Waals surface area contributed by atoms with Crippen molar-refractivity contribution in [3.05, 3.63) is 52.1 Å². The van der Waals surface area contributed by atoms with E-state index in [4.69, 9.17) is 0 Å². The van der Waals surface area contributed by atoms with Crippen molar-refractivity contribution < 1.29 is 9.72 Å². The monoisotopic (exact) mass is 287 g/mol. The number of non-ortho nitro benzene ring substituents is 1. The van der Waals surface area contributed by atoms with E-state index >= 15 is 0 Å². The first-order valence-electron chi connectivity index (χ1n) is 6.50. The number of benzene rings is 1. The third-order valence-corrected chi connectivity index (χ3v) is 3.49. The van der Waals surface area contributed by atoms with Gasteiger partial charge in [0.15, 0.2) is 5.78 Å². The number of nitro benzene ring substituents is 1. The Hall–Kier alpha value is -2.61. The molecular formula is C13H13N5O3. The number of fused-ring (bicyclic) bond motifs is 1. The van der Waals surface area contributed by atoms with E-state index < -0.39 is 4.92 Å². The summed E-state index contributed by atoms with van der Waals surface area (Å²) >= 11 is 0. The zero-order chi connectivity index (χ0) is 14.8. The third kappa shape index (κ3) is 2.79. The molecule has 0 aliphatic carbocycles. The Morgan fingerprint density at radius 1 is 1.29 bits per heavy atom. The van der Waals surface area contributed by atoms with E-state index in [0.717, 1.165) is 18.9 Å². The zero-order valence-electron chi connectivity index (χ0n) is 11.2. The third-order valence-electron chi connectivity index (χ3n) is 3.49. The Labute approximate surface area is 120 Å². The lowest BCUT2D eigenvalue weighted by Gasteiger charge is -2.26. The first-order chi connectivity index (χ1) is 10.1. The van der Waals surface area contributed by atoms with Gasteiger partial charge in [0.05, 0.1) is 18.0 Å². The van der Waals surface area contributed by atoms with Crippen molar-refractivity contribution in [2.24, 2.45) is 0 Å². The molecule has 108 valence electrons. The number of hydrogen-bond acceptors (Lipinski definition) is 6. The van der Waals surface area contributed by atoms with Crippen LogP contribution in [0.1, 0.15) is 16.2 Å². The molecule has 3 rings (SSSR count). The maximum atomic E-state index is 12.2. The molecule has 1 aliphatic rings. The highest BCUT2D eigenvalue weighted by Crippen LogP contribution is 2.14. The summed E-state index contributed by atoms with van der Waals surface area (Å²) in [5, 5.41) is 18.4. The van der Waals surface area contributed by atoms with Crippen LogP contribution in [0, 0.1) is 10.1 Å². The first-order valence-corrected chi connectivity index (χ1v) is 6.50. The lowest BCUT2D eigenvalue weighted by molar-refractivity contribution is -0.384. The van der Waals surface area contributed by atoms with E-state index in [9.17, 15) is 14.9 Å². The molecule has 2 heterocycles. The van der Waals surface area contributed by atoms with Crippen LogP contribution >= 0.6 is 0 Å². The van der Waals surface area contributed by atoms with Crippen LogP contribution in [-0.2, 0) is 13.1 Å². The Kier molecular flexibility index (Phi) is 3.44. The predicted octanol–water partition coefficient (Wildman–Crippen LogP) is 0.885. The maximum Gasteiger partial charge on any atom is 0.269 e. The normalized spacial score (nSPS) is 14.7. The van der Waals surface area contributed by atoms with Crippen LogP contribution < -0.4 is 0 Å². The Morgan fingerprint density at radius 3 is 2.76 bits per heavy atom. The molecule has 1 aliphatic heterocycles. The first kappa shape index (κ1) is 13.4. The van der Waals surface area contributed by atoms with Crippen molar-refractivity contribution in [1.29, 1.82) is 0 Å². The molecule has 0 saturated carbocycles. The summed E-state index contributed by atoms with van der Waals surface area (Å²) in [5.41, 5.74) is 0.463. The van der Waals surface area contributed by atoms with Gasteiger partial charge in [-0.15, -0.1) is 10.2 Å². The van der Waals surface area contributed by atoms with E-state index in [-0.39, 0.29) is 18.0 Å². The highest BCUT2D eigenvalue weighted by molar-refractivity contribution is 5.97. The highest BCUT2D eigenvalue weighted by atomic mass is 16.6. The topological polar surface area (TPSA) is 94.2 Å². The van der Waals surface area contributed by atoms with Crippen LogP contribution in [0.2, 0.25) is 0 Å². The van der Waals surface area contributed by atoms with Gasteiger partial charge in [-0.1, -0.05) is 0 Å². The molecule has 8 heteroatoms. The molecule has 8 nitrogen and oxygen atoms in total. The zero-order valence-corrected chi connectivity index (χ0v) is 11.2. The number of carbonyl (C=O) groups is 1. The molecule has 0 bridgehead atoms. The van der Waals surface area contributed by atoms with Gasteiger partial charge in [-0.25, -0.2) is 0 Å². The molecule has 0 N–H and O–H groups in total. The van der Waals surface area contributed by atoms with Gasteiger partial charge in [-0.3, -0.25) is 19.8 Å². The second-order valence-electron chi connectivity index (χ2n) is 4.88. The number of carbonyl (C=O) groups excluding carboxylic acids is 1. The predicted molar refractivity (Wildman–Crippen MR) is 72.7 cm³/mol. The van der Waals surface area contributed by atoms with Crippen molar-refractivity contribution in [1.82, 2.24) is 19.7 Å². The maximum absolute atomic E-state index is 12.2. The van der Waals surface area contributed by atoms with E-state index in [2.05, 4.69) is 10.2 Å². The summed E-state index contributed by atoms with van der Waals surface area (Å²) in [5.74, 6) is 0.788. The smallest absolute Gasteiger partial charge is 0.269 e. The SMILES string of the molecule is O=C(CN1CCn2cnnc2C1)c1ccc([N+](=O)[O-])cc1. The van der Waals surface area contributed by atoms with E-state index in [1.165, 1.54) is 24.3 Å². The molecule has 0 atom stereocenters. The number of rotatable bonds is 4. The molecule has 0 amide bonds. The minimum Gasteiger partial charge on any atom is -0.315 e. The van der Waals surface area contributed by atoms with Gasteiger partial charge in [0, 0.05) is 30.8 Å². The molecule has 1 aromatic heterocycles. The van der Waals surface area contributed by atoms with Crippen LogP contribution in [-0.4, -0.2) is 43.5 Å². The summed E-state index contributed by atoms with van der Waals surface area (Å²) in [6, 6.07) is 5.68. The van der Waals surface area contributed by atoms with E-state index in [0.29, 0.717) is 12.1 Å².